The molecule has 0 aliphatic carbocycles. The molecular weight excluding hydrogens is 394 g/mol. The Morgan fingerprint density at radius 2 is 1.76 bits per heavy atom. The largest absolute Gasteiger partial charge is 0.340 e. The van der Waals surface area contributed by atoms with E-state index in [0.29, 0.717) is 16.6 Å². The molecule has 0 saturated heterocycles. The monoisotopic (exact) mass is 411 g/mol. The van der Waals surface area contributed by atoms with Gasteiger partial charge < -0.3 is 4.90 Å². The molecule has 0 radical (unpaired) electrons. The maximum Gasteiger partial charge on any atom is 0.274 e. The Morgan fingerprint density at radius 1 is 1.07 bits per heavy atom. The van der Waals surface area contributed by atoms with Gasteiger partial charge in [0.25, 0.3) is 15.7 Å². The van der Waals surface area contributed by atoms with Gasteiger partial charge in [0.2, 0.25) is 5.91 Å². The Balaban J connectivity index is 1.61. The van der Waals surface area contributed by atoms with Gasteiger partial charge in [-0.3, -0.25) is 19.2 Å². The fourth-order valence-corrected chi connectivity index (χ4v) is 5.20. The Morgan fingerprint density at radius 3 is 2.48 bits per heavy atom. The van der Waals surface area contributed by atoms with E-state index < -0.39 is 20.9 Å². The highest BCUT2D eigenvalue weighted by molar-refractivity contribution is 7.93. The Hall–Kier alpha value is -3.46. The number of carbonyl (C=O) groups excluding carboxylic acids is 1. The second kappa shape index (κ2) is 6.85. The fourth-order valence-electron chi connectivity index (χ4n) is 3.54. The summed E-state index contributed by atoms with van der Waals surface area (Å²) in [5.74, 6) is -0.462. The SMILES string of the molecule is CN(Cc1ccccc1[N+](=O)[O-])C(=O)CN1c2cccc3cccc(c23)S1(=O)=O. The van der Waals surface area contributed by atoms with E-state index in [1.165, 1.54) is 24.1 Å². The van der Waals surface area contributed by atoms with Gasteiger partial charge in [0.05, 0.1) is 22.1 Å². The van der Waals surface area contributed by atoms with E-state index in [9.17, 15) is 23.3 Å². The lowest BCUT2D eigenvalue weighted by atomic mass is 10.1. The second-order valence-electron chi connectivity index (χ2n) is 6.78. The standard InChI is InChI=1S/C20H17N3O5S/c1-21(12-15-6-2-3-9-16(15)23(25)26)19(24)13-22-17-10-4-7-14-8-5-11-18(20(14)17)29(22,27)28/h2-11H,12-13H2,1H3. The number of nitrogens with zero attached hydrogens (tertiary/aromatic N) is 3. The molecule has 3 aromatic rings. The average molecular weight is 411 g/mol. The normalized spacial score (nSPS) is 14.2. The summed E-state index contributed by atoms with van der Waals surface area (Å²) >= 11 is 0. The zero-order chi connectivity index (χ0) is 20.8. The molecule has 0 unspecified atom stereocenters. The van der Waals surface area contributed by atoms with Gasteiger partial charge in [0, 0.05) is 24.1 Å². The molecule has 0 N–H and O–H groups in total. The fraction of sp³-hybridized carbons (Fsp3) is 0.150. The molecule has 1 aliphatic rings. The first-order valence-electron chi connectivity index (χ1n) is 8.81. The average Bonchev–Trinajstić information content (AvgIpc) is 2.91. The molecule has 0 atom stereocenters. The number of para-hydroxylation sites is 1. The number of benzene rings is 3. The van der Waals surface area contributed by atoms with Crippen molar-refractivity contribution in [2.75, 3.05) is 17.9 Å². The lowest BCUT2D eigenvalue weighted by Gasteiger charge is -2.23. The smallest absolute Gasteiger partial charge is 0.274 e. The molecular formula is C20H17N3O5S. The maximum atomic E-state index is 13.0. The van der Waals surface area contributed by atoms with Crippen LogP contribution in [0.15, 0.2) is 65.6 Å². The first-order valence-corrected chi connectivity index (χ1v) is 10.3. The summed E-state index contributed by atoms with van der Waals surface area (Å²) in [5, 5.41) is 12.6. The first kappa shape index (κ1) is 18.9. The predicted octanol–water partition coefficient (Wildman–Crippen LogP) is 2.92. The summed E-state index contributed by atoms with van der Waals surface area (Å²) in [6.45, 7) is -0.381. The quantitative estimate of drug-likeness (QED) is 0.475. The minimum absolute atomic E-state index is 0.00101. The highest BCUT2D eigenvalue weighted by atomic mass is 32.2. The van der Waals surface area contributed by atoms with Crippen molar-refractivity contribution in [1.82, 2.24) is 4.90 Å². The van der Waals surface area contributed by atoms with Gasteiger partial charge in [0.15, 0.2) is 0 Å². The molecule has 1 heterocycles. The van der Waals surface area contributed by atoms with E-state index in [2.05, 4.69) is 0 Å². The van der Waals surface area contributed by atoms with E-state index in [1.807, 2.05) is 12.1 Å². The van der Waals surface area contributed by atoms with Crippen LogP contribution < -0.4 is 4.31 Å². The van der Waals surface area contributed by atoms with Crippen molar-refractivity contribution in [3.05, 3.63) is 76.3 Å². The molecule has 148 valence electrons. The Bertz CT molecular complexity index is 1250. The number of anilines is 1. The van der Waals surface area contributed by atoms with E-state index in [0.717, 1.165) is 9.69 Å². The summed E-state index contributed by atoms with van der Waals surface area (Å²) in [5.41, 5.74) is 0.756. The number of hydrogen-bond acceptors (Lipinski definition) is 5. The number of carbonyl (C=O) groups is 1. The van der Waals surface area contributed by atoms with Crippen LogP contribution in [0.1, 0.15) is 5.56 Å². The summed E-state index contributed by atoms with van der Waals surface area (Å²) < 4.78 is 27.1. The molecule has 8 nitrogen and oxygen atoms in total. The van der Waals surface area contributed by atoms with E-state index in [-0.39, 0.29) is 23.7 Å². The van der Waals surface area contributed by atoms with Gasteiger partial charge in [-0.15, -0.1) is 0 Å². The third kappa shape index (κ3) is 3.09. The van der Waals surface area contributed by atoms with Crippen molar-refractivity contribution in [3.63, 3.8) is 0 Å². The minimum atomic E-state index is -3.84. The number of hydrogen-bond donors (Lipinski definition) is 0. The summed E-state index contributed by atoms with van der Waals surface area (Å²) in [6.07, 6.45) is 0. The van der Waals surface area contributed by atoms with Crippen molar-refractivity contribution in [3.8, 4) is 0 Å². The summed E-state index contributed by atoms with van der Waals surface area (Å²) in [4.78, 5) is 24.9. The first-order chi connectivity index (χ1) is 13.8. The molecule has 29 heavy (non-hydrogen) atoms. The third-order valence-electron chi connectivity index (χ3n) is 4.98. The summed E-state index contributed by atoms with van der Waals surface area (Å²) in [7, 11) is -2.35. The molecule has 4 rings (SSSR count). The number of rotatable bonds is 5. The predicted molar refractivity (Wildman–Crippen MR) is 108 cm³/mol. The molecule has 0 spiro atoms. The zero-order valence-corrected chi connectivity index (χ0v) is 16.3. The van der Waals surface area contributed by atoms with Gasteiger partial charge in [-0.2, -0.15) is 0 Å². The molecule has 9 heteroatoms. The van der Waals surface area contributed by atoms with Crippen LogP contribution in [0.4, 0.5) is 11.4 Å². The van der Waals surface area contributed by atoms with Gasteiger partial charge in [-0.25, -0.2) is 8.42 Å². The number of nitro groups is 1. The molecule has 0 aromatic heterocycles. The maximum absolute atomic E-state index is 13.0. The van der Waals surface area contributed by atoms with Gasteiger partial charge in [-0.05, 0) is 17.5 Å². The van der Waals surface area contributed by atoms with E-state index in [1.54, 1.807) is 36.4 Å². The van der Waals surface area contributed by atoms with Crippen LogP contribution in [-0.2, 0) is 21.4 Å². The van der Waals surface area contributed by atoms with Gasteiger partial charge in [0.1, 0.15) is 6.54 Å². The van der Waals surface area contributed by atoms with Crippen molar-refractivity contribution < 1.29 is 18.1 Å². The lowest BCUT2D eigenvalue weighted by molar-refractivity contribution is -0.385. The van der Waals surface area contributed by atoms with Crippen molar-refractivity contribution in [2.24, 2.45) is 0 Å². The van der Waals surface area contributed by atoms with Gasteiger partial charge >= 0.3 is 0 Å². The highest BCUT2D eigenvalue weighted by Gasteiger charge is 2.37. The van der Waals surface area contributed by atoms with Crippen molar-refractivity contribution >= 4 is 38.1 Å². The molecule has 3 aromatic carbocycles. The van der Waals surface area contributed by atoms with Crippen LogP contribution in [-0.4, -0.2) is 37.7 Å². The Labute approximate surface area is 167 Å². The molecule has 0 bridgehead atoms. The van der Waals surface area contributed by atoms with Crippen LogP contribution in [0.2, 0.25) is 0 Å². The minimum Gasteiger partial charge on any atom is -0.340 e. The third-order valence-corrected chi connectivity index (χ3v) is 6.78. The molecule has 0 saturated carbocycles. The number of nitro benzene ring substituents is 1. The highest BCUT2D eigenvalue weighted by Crippen LogP contribution is 2.41. The lowest BCUT2D eigenvalue weighted by Crippen LogP contribution is -2.39. The van der Waals surface area contributed by atoms with Crippen LogP contribution >= 0.6 is 0 Å². The number of likely N-dealkylation sites (N-methyl/N-ethyl adjacent to an activating group) is 1. The second-order valence-corrected chi connectivity index (χ2v) is 8.61. The number of amides is 1. The van der Waals surface area contributed by atoms with Gasteiger partial charge in [-0.1, -0.05) is 42.5 Å². The van der Waals surface area contributed by atoms with E-state index in [4.69, 9.17) is 0 Å². The van der Waals surface area contributed by atoms with Crippen LogP contribution in [0, 0.1) is 10.1 Å². The van der Waals surface area contributed by atoms with Crippen molar-refractivity contribution in [1.29, 1.82) is 0 Å². The molecule has 0 fully saturated rings. The van der Waals surface area contributed by atoms with Crippen molar-refractivity contribution in [2.45, 2.75) is 11.4 Å². The van der Waals surface area contributed by atoms with Crippen LogP contribution in [0.5, 0.6) is 0 Å². The van der Waals surface area contributed by atoms with Crippen LogP contribution in [0.25, 0.3) is 10.8 Å². The molecule has 1 aliphatic heterocycles. The van der Waals surface area contributed by atoms with Crippen LogP contribution in [0.3, 0.4) is 0 Å². The zero-order valence-electron chi connectivity index (χ0n) is 15.5. The Kier molecular flexibility index (Phi) is 4.46. The number of sulfonamides is 1. The van der Waals surface area contributed by atoms with E-state index >= 15 is 0 Å². The topological polar surface area (TPSA) is 101 Å². The summed E-state index contributed by atoms with van der Waals surface area (Å²) in [6, 6.07) is 16.4. The molecule has 1 amide bonds.